The average molecular weight is 210 g/mol. The molecule has 0 saturated carbocycles. The molecule has 0 aromatic heterocycles. The van der Waals surface area contributed by atoms with Crippen molar-refractivity contribution >= 4 is 17.5 Å². The average Bonchev–Trinajstić information content (AvgIpc) is 2.16. The van der Waals surface area contributed by atoms with Crippen molar-refractivity contribution in [3.8, 4) is 0 Å². The summed E-state index contributed by atoms with van der Waals surface area (Å²) in [5, 5.41) is 0. The maximum absolute atomic E-state index is 11.6. The molecule has 0 spiro atoms. The number of cyclic esters (lactones) is 1. The second kappa shape index (κ2) is 4.38. The Balaban J connectivity index is 2.94. The van der Waals surface area contributed by atoms with Crippen molar-refractivity contribution < 1.29 is 19.1 Å². The van der Waals surface area contributed by atoms with Gasteiger partial charge in [-0.05, 0) is 0 Å². The van der Waals surface area contributed by atoms with E-state index in [2.05, 4.69) is 0 Å². The lowest BCUT2D eigenvalue weighted by Crippen LogP contribution is -2.37. The maximum atomic E-state index is 11.6. The summed E-state index contributed by atoms with van der Waals surface area (Å²) in [6.45, 7) is 5.08. The van der Waals surface area contributed by atoms with E-state index in [9.17, 15) is 14.4 Å². The molecular weight excluding hydrogens is 196 g/mol. The first-order valence-corrected chi connectivity index (χ1v) is 4.97. The Hall–Kier alpha value is -1.45. The SMILES string of the molecule is CCC1=CC(=O)C(C(=O)C(C)C)C(=O)O1. The second-order valence-electron chi connectivity index (χ2n) is 3.78. The molecule has 0 amide bonds. The highest BCUT2D eigenvalue weighted by atomic mass is 16.5. The predicted molar refractivity (Wildman–Crippen MR) is 52.8 cm³/mol. The van der Waals surface area contributed by atoms with Gasteiger partial charge in [-0.15, -0.1) is 0 Å². The normalized spacial score (nSPS) is 21.3. The molecule has 4 nitrogen and oxygen atoms in total. The van der Waals surface area contributed by atoms with Crippen LogP contribution in [-0.2, 0) is 19.1 Å². The van der Waals surface area contributed by atoms with Gasteiger partial charge in [-0.3, -0.25) is 14.4 Å². The number of carbonyl (C=O) groups excluding carboxylic acids is 3. The minimum atomic E-state index is -1.25. The fourth-order valence-electron chi connectivity index (χ4n) is 1.34. The summed E-state index contributed by atoms with van der Waals surface area (Å²) < 4.78 is 4.87. The van der Waals surface area contributed by atoms with Crippen LogP contribution in [0, 0.1) is 11.8 Å². The number of ketones is 2. The van der Waals surface area contributed by atoms with Crippen LogP contribution in [0.3, 0.4) is 0 Å². The van der Waals surface area contributed by atoms with Crippen molar-refractivity contribution in [3.05, 3.63) is 11.8 Å². The molecule has 0 aromatic rings. The van der Waals surface area contributed by atoms with Crippen LogP contribution in [0.25, 0.3) is 0 Å². The molecule has 1 atom stereocenters. The Morgan fingerprint density at radius 2 is 2.07 bits per heavy atom. The standard InChI is InChI=1S/C11H14O4/c1-4-7-5-8(12)9(11(14)15-7)10(13)6(2)3/h5-6,9H,4H2,1-3H3. The van der Waals surface area contributed by atoms with E-state index < -0.39 is 17.7 Å². The number of hydrogen-bond acceptors (Lipinski definition) is 4. The molecule has 0 fully saturated rings. The number of hydrogen-bond donors (Lipinski definition) is 0. The summed E-state index contributed by atoms with van der Waals surface area (Å²) >= 11 is 0. The lowest BCUT2D eigenvalue weighted by molar-refractivity contribution is -0.153. The molecule has 82 valence electrons. The molecule has 0 aliphatic carbocycles. The topological polar surface area (TPSA) is 60.4 Å². The summed E-state index contributed by atoms with van der Waals surface area (Å²) in [4.78, 5) is 34.5. The Labute approximate surface area is 88.3 Å². The first kappa shape index (κ1) is 11.6. The molecule has 1 aliphatic heterocycles. The van der Waals surface area contributed by atoms with Gasteiger partial charge in [0.1, 0.15) is 5.76 Å². The van der Waals surface area contributed by atoms with E-state index >= 15 is 0 Å². The van der Waals surface area contributed by atoms with Crippen LogP contribution in [-0.4, -0.2) is 17.5 Å². The Morgan fingerprint density at radius 1 is 1.47 bits per heavy atom. The fraction of sp³-hybridized carbons (Fsp3) is 0.545. The van der Waals surface area contributed by atoms with Crippen molar-refractivity contribution in [2.45, 2.75) is 27.2 Å². The van der Waals surface area contributed by atoms with Gasteiger partial charge in [-0.25, -0.2) is 0 Å². The van der Waals surface area contributed by atoms with Crippen LogP contribution in [0.4, 0.5) is 0 Å². The van der Waals surface area contributed by atoms with Crippen molar-refractivity contribution in [1.82, 2.24) is 0 Å². The fourth-order valence-corrected chi connectivity index (χ4v) is 1.34. The molecule has 0 aromatic carbocycles. The quantitative estimate of drug-likeness (QED) is 0.519. The summed E-state index contributed by atoms with van der Waals surface area (Å²) in [6.07, 6.45) is 1.71. The Morgan fingerprint density at radius 3 is 2.47 bits per heavy atom. The van der Waals surface area contributed by atoms with E-state index in [0.29, 0.717) is 12.2 Å². The van der Waals surface area contributed by atoms with Crippen LogP contribution >= 0.6 is 0 Å². The molecule has 4 heteroatoms. The molecule has 1 rings (SSSR count). The van der Waals surface area contributed by atoms with Crippen molar-refractivity contribution in [2.24, 2.45) is 11.8 Å². The predicted octanol–water partition coefficient (Wildman–Crippen LogP) is 1.25. The number of ether oxygens (including phenoxy) is 1. The highest BCUT2D eigenvalue weighted by Gasteiger charge is 2.38. The van der Waals surface area contributed by atoms with Crippen LogP contribution in [0.5, 0.6) is 0 Å². The zero-order valence-corrected chi connectivity index (χ0v) is 9.07. The molecule has 0 radical (unpaired) electrons. The van der Waals surface area contributed by atoms with Crippen LogP contribution in [0.2, 0.25) is 0 Å². The van der Waals surface area contributed by atoms with E-state index in [-0.39, 0.29) is 11.7 Å². The van der Waals surface area contributed by atoms with E-state index in [0.717, 1.165) is 0 Å². The summed E-state index contributed by atoms with van der Waals surface area (Å²) in [5.74, 6) is -2.84. The minimum Gasteiger partial charge on any atom is -0.430 e. The Bertz CT molecular complexity index is 338. The van der Waals surface area contributed by atoms with Gasteiger partial charge in [0.05, 0.1) is 0 Å². The van der Waals surface area contributed by atoms with E-state index in [1.807, 2.05) is 0 Å². The minimum absolute atomic E-state index is 0.331. The molecule has 1 aliphatic rings. The summed E-state index contributed by atoms with van der Waals surface area (Å²) in [6, 6.07) is 0. The van der Waals surface area contributed by atoms with Gasteiger partial charge >= 0.3 is 5.97 Å². The number of carbonyl (C=O) groups is 3. The Kier molecular flexibility index (Phi) is 3.39. The van der Waals surface area contributed by atoms with E-state index in [4.69, 9.17) is 4.74 Å². The molecule has 15 heavy (non-hydrogen) atoms. The third-order valence-electron chi connectivity index (χ3n) is 2.26. The van der Waals surface area contributed by atoms with Gasteiger partial charge in [-0.1, -0.05) is 20.8 Å². The van der Waals surface area contributed by atoms with Gasteiger partial charge in [0.25, 0.3) is 0 Å². The first-order chi connectivity index (χ1) is 6.97. The smallest absolute Gasteiger partial charge is 0.329 e. The second-order valence-corrected chi connectivity index (χ2v) is 3.78. The van der Waals surface area contributed by atoms with Crippen LogP contribution < -0.4 is 0 Å². The molecule has 1 unspecified atom stereocenters. The molecule has 0 bridgehead atoms. The summed E-state index contributed by atoms with van der Waals surface area (Å²) in [5.41, 5.74) is 0. The van der Waals surface area contributed by atoms with Gasteiger partial charge in [0.2, 0.25) is 0 Å². The highest BCUT2D eigenvalue weighted by Crippen LogP contribution is 2.20. The number of allylic oxidation sites excluding steroid dienone is 2. The molecule has 0 N–H and O–H groups in total. The van der Waals surface area contributed by atoms with E-state index in [1.165, 1.54) is 6.08 Å². The van der Waals surface area contributed by atoms with Crippen molar-refractivity contribution in [2.75, 3.05) is 0 Å². The van der Waals surface area contributed by atoms with Crippen molar-refractivity contribution in [3.63, 3.8) is 0 Å². The summed E-state index contributed by atoms with van der Waals surface area (Å²) in [7, 11) is 0. The third-order valence-corrected chi connectivity index (χ3v) is 2.26. The molecular formula is C11H14O4. The lowest BCUT2D eigenvalue weighted by Gasteiger charge is -2.19. The van der Waals surface area contributed by atoms with Gasteiger partial charge in [0, 0.05) is 18.4 Å². The number of esters is 1. The van der Waals surface area contributed by atoms with Crippen LogP contribution in [0.15, 0.2) is 11.8 Å². The maximum Gasteiger partial charge on any atom is 0.329 e. The lowest BCUT2D eigenvalue weighted by atomic mass is 9.90. The largest absolute Gasteiger partial charge is 0.430 e. The first-order valence-electron chi connectivity index (χ1n) is 4.97. The zero-order chi connectivity index (χ0) is 11.6. The van der Waals surface area contributed by atoms with Gasteiger partial charge in [-0.2, -0.15) is 0 Å². The van der Waals surface area contributed by atoms with Gasteiger partial charge in [0.15, 0.2) is 17.5 Å². The monoisotopic (exact) mass is 210 g/mol. The van der Waals surface area contributed by atoms with Crippen molar-refractivity contribution in [1.29, 1.82) is 0 Å². The molecule has 1 heterocycles. The highest BCUT2D eigenvalue weighted by molar-refractivity contribution is 6.22. The number of Topliss-reactive ketones (excluding diaryl/α,β-unsaturated/α-hetero) is 1. The van der Waals surface area contributed by atoms with Crippen LogP contribution in [0.1, 0.15) is 27.2 Å². The third kappa shape index (κ3) is 2.32. The van der Waals surface area contributed by atoms with E-state index in [1.54, 1.807) is 20.8 Å². The molecule has 0 saturated heterocycles. The zero-order valence-electron chi connectivity index (χ0n) is 9.07. The van der Waals surface area contributed by atoms with Gasteiger partial charge < -0.3 is 4.74 Å². The number of rotatable bonds is 3.